The van der Waals surface area contributed by atoms with Crippen molar-refractivity contribution < 1.29 is 9.59 Å². The molecule has 2 heterocycles. The maximum Gasteiger partial charge on any atom is 0.290 e. The van der Waals surface area contributed by atoms with Crippen molar-refractivity contribution in [3.63, 3.8) is 0 Å². The maximum absolute atomic E-state index is 12.8. The maximum atomic E-state index is 12.8. The molecule has 2 amide bonds. The van der Waals surface area contributed by atoms with Crippen LogP contribution in [-0.2, 0) is 30.8 Å². The van der Waals surface area contributed by atoms with Gasteiger partial charge >= 0.3 is 0 Å². The molecule has 6 heteroatoms. The molecule has 3 aromatic rings. The summed E-state index contributed by atoms with van der Waals surface area (Å²) >= 11 is 0. The van der Waals surface area contributed by atoms with Crippen molar-refractivity contribution in [2.24, 2.45) is 0 Å². The van der Waals surface area contributed by atoms with Gasteiger partial charge in [-0.25, -0.2) is 4.98 Å². The third-order valence-electron chi connectivity index (χ3n) is 5.21. The average molecular weight is 388 g/mol. The number of nitrogens with zero attached hydrogens (tertiary/aromatic N) is 3. The van der Waals surface area contributed by atoms with Crippen LogP contribution < -0.4 is 5.32 Å². The summed E-state index contributed by atoms with van der Waals surface area (Å²) in [6.45, 7) is 4.25. The predicted molar refractivity (Wildman–Crippen MR) is 110 cm³/mol. The number of carbonyl (C=O) groups excluding carboxylic acids is 2. The Morgan fingerprint density at radius 2 is 1.83 bits per heavy atom. The summed E-state index contributed by atoms with van der Waals surface area (Å²) in [5.74, 6) is 0.315. The van der Waals surface area contributed by atoms with Crippen molar-refractivity contribution in [1.29, 1.82) is 0 Å². The van der Waals surface area contributed by atoms with E-state index in [1.165, 1.54) is 0 Å². The van der Waals surface area contributed by atoms with Gasteiger partial charge in [0.05, 0.1) is 18.7 Å². The summed E-state index contributed by atoms with van der Waals surface area (Å²) in [6, 6.07) is 17.8. The Bertz CT molecular complexity index is 1030. The number of rotatable bonds is 6. The van der Waals surface area contributed by atoms with Gasteiger partial charge in [0.25, 0.3) is 5.91 Å². The molecule has 0 fully saturated rings. The molecule has 1 N–H and O–H groups in total. The van der Waals surface area contributed by atoms with Crippen molar-refractivity contribution >= 4 is 11.8 Å². The number of hydrogen-bond donors (Lipinski definition) is 1. The van der Waals surface area contributed by atoms with E-state index in [0.29, 0.717) is 44.1 Å². The SMILES string of the molecule is Cc1ccccc1CC(=O)NCc1cn2c(n1)C(=O)N(Cc1ccccc1)CC2. The number of imidazole rings is 1. The zero-order valence-electron chi connectivity index (χ0n) is 16.5. The fourth-order valence-electron chi connectivity index (χ4n) is 3.56. The van der Waals surface area contributed by atoms with E-state index in [9.17, 15) is 9.59 Å². The first-order valence-corrected chi connectivity index (χ1v) is 9.80. The number of fused-ring (bicyclic) bond motifs is 1. The molecule has 1 aliphatic heterocycles. The zero-order chi connectivity index (χ0) is 20.2. The lowest BCUT2D eigenvalue weighted by Gasteiger charge is -2.27. The zero-order valence-corrected chi connectivity index (χ0v) is 16.5. The van der Waals surface area contributed by atoms with E-state index >= 15 is 0 Å². The second kappa shape index (κ2) is 8.31. The predicted octanol–water partition coefficient (Wildman–Crippen LogP) is 2.71. The summed E-state index contributed by atoms with van der Waals surface area (Å²) in [6.07, 6.45) is 2.20. The van der Waals surface area contributed by atoms with E-state index in [2.05, 4.69) is 10.3 Å². The molecule has 0 bridgehead atoms. The Morgan fingerprint density at radius 1 is 1.07 bits per heavy atom. The fraction of sp³-hybridized carbons (Fsp3) is 0.261. The molecule has 1 aromatic heterocycles. The van der Waals surface area contributed by atoms with Crippen molar-refractivity contribution in [2.45, 2.75) is 33.0 Å². The lowest BCUT2D eigenvalue weighted by molar-refractivity contribution is -0.120. The molecular formula is C23H24N4O2. The first-order valence-electron chi connectivity index (χ1n) is 9.80. The third kappa shape index (κ3) is 4.37. The Balaban J connectivity index is 1.37. The van der Waals surface area contributed by atoms with Gasteiger partial charge in [-0.2, -0.15) is 0 Å². The second-order valence-corrected chi connectivity index (χ2v) is 7.34. The van der Waals surface area contributed by atoms with E-state index in [0.717, 1.165) is 16.7 Å². The van der Waals surface area contributed by atoms with Crippen LogP contribution >= 0.6 is 0 Å². The molecule has 0 spiro atoms. The number of hydrogen-bond acceptors (Lipinski definition) is 3. The van der Waals surface area contributed by atoms with E-state index in [1.807, 2.05) is 77.2 Å². The van der Waals surface area contributed by atoms with Gasteiger partial charge in [0.1, 0.15) is 0 Å². The Labute approximate surface area is 170 Å². The van der Waals surface area contributed by atoms with Crippen LogP contribution in [0.25, 0.3) is 0 Å². The molecule has 2 aromatic carbocycles. The first kappa shape index (κ1) is 18.9. The Hall–Kier alpha value is -3.41. The molecule has 1 aliphatic rings. The summed E-state index contributed by atoms with van der Waals surface area (Å²) < 4.78 is 1.88. The van der Waals surface area contributed by atoms with Gasteiger partial charge < -0.3 is 14.8 Å². The minimum absolute atomic E-state index is 0.0534. The normalized spacial score (nSPS) is 13.3. The van der Waals surface area contributed by atoms with Crippen LogP contribution in [-0.4, -0.2) is 32.8 Å². The van der Waals surface area contributed by atoms with Gasteiger partial charge in [0.2, 0.25) is 5.91 Å². The lowest BCUT2D eigenvalue weighted by atomic mass is 10.1. The van der Waals surface area contributed by atoms with E-state index < -0.39 is 0 Å². The number of nitrogens with one attached hydrogen (secondary N) is 1. The van der Waals surface area contributed by atoms with Gasteiger partial charge in [-0.3, -0.25) is 9.59 Å². The summed E-state index contributed by atoms with van der Waals surface area (Å²) in [4.78, 5) is 31.4. The molecule has 0 saturated carbocycles. The largest absolute Gasteiger partial charge is 0.350 e. The first-order chi connectivity index (χ1) is 14.1. The Morgan fingerprint density at radius 3 is 2.62 bits per heavy atom. The monoisotopic (exact) mass is 388 g/mol. The number of aryl methyl sites for hydroxylation is 1. The van der Waals surface area contributed by atoms with Gasteiger partial charge in [0.15, 0.2) is 5.82 Å². The summed E-state index contributed by atoms with van der Waals surface area (Å²) in [5, 5.41) is 2.91. The van der Waals surface area contributed by atoms with Crippen LogP contribution in [0.2, 0.25) is 0 Å². The van der Waals surface area contributed by atoms with Crippen molar-refractivity contribution in [3.8, 4) is 0 Å². The van der Waals surface area contributed by atoms with Crippen molar-refractivity contribution in [2.75, 3.05) is 6.54 Å². The highest BCUT2D eigenvalue weighted by Crippen LogP contribution is 2.16. The van der Waals surface area contributed by atoms with Crippen LogP contribution in [0.3, 0.4) is 0 Å². The average Bonchev–Trinajstić information content (AvgIpc) is 3.15. The molecular weight excluding hydrogens is 364 g/mol. The van der Waals surface area contributed by atoms with Crippen LogP contribution in [0.1, 0.15) is 33.0 Å². The van der Waals surface area contributed by atoms with Gasteiger partial charge in [0, 0.05) is 25.8 Å². The highest BCUT2D eigenvalue weighted by molar-refractivity contribution is 5.91. The minimum atomic E-state index is -0.0717. The highest BCUT2D eigenvalue weighted by Gasteiger charge is 2.26. The second-order valence-electron chi connectivity index (χ2n) is 7.34. The number of carbonyl (C=O) groups is 2. The molecule has 0 radical (unpaired) electrons. The van der Waals surface area contributed by atoms with Crippen LogP contribution in [0.4, 0.5) is 0 Å². The van der Waals surface area contributed by atoms with Crippen LogP contribution in [0.5, 0.6) is 0 Å². The standard InChI is InChI=1S/C23H24N4O2/c1-17-7-5-6-10-19(17)13-21(28)24-14-20-16-26-11-12-27(23(29)22(26)25-20)15-18-8-3-2-4-9-18/h2-10,16H,11-15H2,1H3,(H,24,28). The molecule has 0 aliphatic carbocycles. The molecule has 0 saturated heterocycles. The third-order valence-corrected chi connectivity index (χ3v) is 5.21. The van der Waals surface area contributed by atoms with Crippen LogP contribution in [0, 0.1) is 6.92 Å². The van der Waals surface area contributed by atoms with Gasteiger partial charge in [-0.1, -0.05) is 54.6 Å². The quantitative estimate of drug-likeness (QED) is 0.706. The molecule has 0 atom stereocenters. The minimum Gasteiger partial charge on any atom is -0.350 e. The number of aromatic nitrogens is 2. The molecule has 148 valence electrons. The van der Waals surface area contributed by atoms with E-state index in [4.69, 9.17) is 0 Å². The molecule has 0 unspecified atom stereocenters. The van der Waals surface area contributed by atoms with Gasteiger partial charge in [-0.15, -0.1) is 0 Å². The highest BCUT2D eigenvalue weighted by atomic mass is 16.2. The topological polar surface area (TPSA) is 67.2 Å². The molecule has 4 rings (SSSR count). The van der Waals surface area contributed by atoms with E-state index in [-0.39, 0.29) is 11.8 Å². The fourth-order valence-corrected chi connectivity index (χ4v) is 3.56. The van der Waals surface area contributed by atoms with Crippen molar-refractivity contribution in [1.82, 2.24) is 19.8 Å². The van der Waals surface area contributed by atoms with Crippen LogP contribution in [0.15, 0.2) is 60.8 Å². The lowest BCUT2D eigenvalue weighted by Crippen LogP contribution is -2.39. The number of amides is 2. The van der Waals surface area contributed by atoms with Crippen molar-refractivity contribution in [3.05, 3.63) is 89.0 Å². The smallest absolute Gasteiger partial charge is 0.290 e. The van der Waals surface area contributed by atoms with Gasteiger partial charge in [-0.05, 0) is 23.6 Å². The molecule has 6 nitrogen and oxygen atoms in total. The number of benzene rings is 2. The van der Waals surface area contributed by atoms with E-state index in [1.54, 1.807) is 0 Å². The summed E-state index contributed by atoms with van der Waals surface area (Å²) in [5.41, 5.74) is 3.92. The molecule has 29 heavy (non-hydrogen) atoms. The summed E-state index contributed by atoms with van der Waals surface area (Å²) in [7, 11) is 0. The Kier molecular flexibility index (Phi) is 5.42.